The fourth-order valence-corrected chi connectivity index (χ4v) is 1.80. The van der Waals surface area contributed by atoms with E-state index in [1.54, 1.807) is 18.6 Å². The van der Waals surface area contributed by atoms with Gasteiger partial charge in [-0.3, -0.25) is 9.97 Å². The molecule has 1 N–H and O–H groups in total. The van der Waals surface area contributed by atoms with Crippen molar-refractivity contribution in [2.75, 3.05) is 7.11 Å². The van der Waals surface area contributed by atoms with Gasteiger partial charge in [0.15, 0.2) is 11.5 Å². The van der Waals surface area contributed by atoms with Crippen LogP contribution in [-0.2, 0) is 6.61 Å². The molecule has 0 aliphatic rings. The summed E-state index contributed by atoms with van der Waals surface area (Å²) < 4.78 is 10.6. The molecule has 6 nitrogen and oxygen atoms in total. The van der Waals surface area contributed by atoms with Crippen LogP contribution in [0.3, 0.4) is 0 Å². The number of carbonyl (C=O) groups is 1. The summed E-state index contributed by atoms with van der Waals surface area (Å²) in [7, 11) is 1.41. The van der Waals surface area contributed by atoms with Crippen LogP contribution in [0.4, 0.5) is 0 Å². The predicted molar refractivity (Wildman–Crippen MR) is 71.3 cm³/mol. The molecule has 1 aromatic carbocycles. The Morgan fingerprint density at radius 2 is 2.20 bits per heavy atom. The molecular formula is C13H11ClN2O4. The van der Waals surface area contributed by atoms with Crippen LogP contribution >= 0.6 is 11.6 Å². The molecule has 0 saturated heterocycles. The number of aromatic carboxylic acids is 1. The van der Waals surface area contributed by atoms with Crippen LogP contribution in [0.5, 0.6) is 11.5 Å². The molecule has 0 spiro atoms. The molecule has 2 rings (SSSR count). The van der Waals surface area contributed by atoms with E-state index in [1.807, 2.05) is 0 Å². The second-order valence-electron chi connectivity index (χ2n) is 3.78. The largest absolute Gasteiger partial charge is 0.493 e. The van der Waals surface area contributed by atoms with Crippen LogP contribution in [0, 0.1) is 0 Å². The van der Waals surface area contributed by atoms with E-state index in [0.29, 0.717) is 5.69 Å². The third kappa shape index (κ3) is 3.16. The van der Waals surface area contributed by atoms with Gasteiger partial charge in [0.2, 0.25) is 0 Å². The lowest BCUT2D eigenvalue weighted by atomic mass is 10.2. The van der Waals surface area contributed by atoms with Gasteiger partial charge in [-0.1, -0.05) is 11.6 Å². The average molecular weight is 295 g/mol. The molecule has 0 saturated carbocycles. The Kier molecular flexibility index (Phi) is 4.37. The maximum atomic E-state index is 10.9. The normalized spacial score (nSPS) is 10.1. The summed E-state index contributed by atoms with van der Waals surface area (Å²) in [6, 6.07) is 2.65. The summed E-state index contributed by atoms with van der Waals surface area (Å²) >= 11 is 6.02. The molecule has 0 fully saturated rings. The SMILES string of the molecule is COc1cc(C(=O)O)cc(Cl)c1OCc1cnccn1. The standard InChI is InChI=1S/C13H11ClN2O4/c1-19-11-5-8(13(17)18)4-10(14)12(11)20-7-9-6-15-2-3-16-9/h2-6H,7H2,1H3,(H,17,18). The Bertz CT molecular complexity index is 619. The molecule has 0 aliphatic carbocycles. The minimum Gasteiger partial charge on any atom is -0.493 e. The number of ether oxygens (including phenoxy) is 2. The van der Waals surface area contributed by atoms with Crippen molar-refractivity contribution in [2.24, 2.45) is 0 Å². The van der Waals surface area contributed by atoms with Gasteiger partial charge in [-0.2, -0.15) is 0 Å². The summed E-state index contributed by atoms with van der Waals surface area (Å²) in [5.41, 5.74) is 0.645. The molecule has 0 radical (unpaired) electrons. The highest BCUT2D eigenvalue weighted by molar-refractivity contribution is 6.32. The highest BCUT2D eigenvalue weighted by Gasteiger charge is 2.15. The Morgan fingerprint density at radius 3 is 2.80 bits per heavy atom. The topological polar surface area (TPSA) is 81.5 Å². The van der Waals surface area contributed by atoms with Gasteiger partial charge in [0.1, 0.15) is 6.61 Å². The highest BCUT2D eigenvalue weighted by Crippen LogP contribution is 2.36. The van der Waals surface area contributed by atoms with Gasteiger partial charge in [-0.25, -0.2) is 4.79 Å². The van der Waals surface area contributed by atoms with Crippen LogP contribution in [-0.4, -0.2) is 28.2 Å². The number of hydrogen-bond acceptors (Lipinski definition) is 5. The lowest BCUT2D eigenvalue weighted by Gasteiger charge is -2.12. The predicted octanol–water partition coefficient (Wildman–Crippen LogP) is 2.42. The maximum absolute atomic E-state index is 10.9. The first-order chi connectivity index (χ1) is 9.61. The monoisotopic (exact) mass is 294 g/mol. The molecule has 0 aliphatic heterocycles. The van der Waals surface area contributed by atoms with Crippen molar-refractivity contribution >= 4 is 17.6 Å². The summed E-state index contributed by atoms with van der Waals surface area (Å²) in [5, 5.41) is 9.11. The molecule has 1 heterocycles. The van der Waals surface area contributed by atoms with Crippen molar-refractivity contribution in [1.82, 2.24) is 9.97 Å². The molecule has 0 atom stereocenters. The molecule has 20 heavy (non-hydrogen) atoms. The number of nitrogens with zero attached hydrogens (tertiary/aromatic N) is 2. The number of halogens is 1. The second kappa shape index (κ2) is 6.21. The van der Waals surface area contributed by atoms with Crippen LogP contribution in [0.1, 0.15) is 16.1 Å². The van der Waals surface area contributed by atoms with Gasteiger partial charge in [0.25, 0.3) is 0 Å². The zero-order valence-corrected chi connectivity index (χ0v) is 11.3. The Hall–Kier alpha value is -2.34. The number of methoxy groups -OCH3 is 1. The van der Waals surface area contributed by atoms with Gasteiger partial charge < -0.3 is 14.6 Å². The van der Waals surface area contributed by atoms with E-state index < -0.39 is 5.97 Å². The first-order valence-electron chi connectivity index (χ1n) is 5.60. The van der Waals surface area contributed by atoms with E-state index in [0.717, 1.165) is 0 Å². The van der Waals surface area contributed by atoms with E-state index >= 15 is 0 Å². The zero-order chi connectivity index (χ0) is 14.5. The van der Waals surface area contributed by atoms with Gasteiger partial charge in [-0.15, -0.1) is 0 Å². The van der Waals surface area contributed by atoms with E-state index in [-0.39, 0.29) is 28.7 Å². The summed E-state index contributed by atoms with van der Waals surface area (Å²) in [4.78, 5) is 18.9. The third-order valence-electron chi connectivity index (χ3n) is 2.46. The number of carboxylic acids is 1. The van der Waals surface area contributed by atoms with E-state index in [9.17, 15) is 4.79 Å². The van der Waals surface area contributed by atoms with Crippen LogP contribution in [0.2, 0.25) is 5.02 Å². The van der Waals surface area contributed by atoms with E-state index in [4.69, 9.17) is 26.2 Å². The van der Waals surface area contributed by atoms with Crippen LogP contribution in [0.25, 0.3) is 0 Å². The zero-order valence-electron chi connectivity index (χ0n) is 10.5. The van der Waals surface area contributed by atoms with Crippen molar-refractivity contribution in [3.8, 4) is 11.5 Å². The second-order valence-corrected chi connectivity index (χ2v) is 4.19. The van der Waals surface area contributed by atoms with E-state index in [1.165, 1.54) is 19.2 Å². The van der Waals surface area contributed by atoms with Gasteiger partial charge in [-0.05, 0) is 12.1 Å². The third-order valence-corrected chi connectivity index (χ3v) is 2.74. The Balaban J connectivity index is 2.25. The molecular weight excluding hydrogens is 284 g/mol. The number of carboxylic acid groups (broad SMARTS) is 1. The number of rotatable bonds is 5. The molecule has 0 bridgehead atoms. The summed E-state index contributed by atoms with van der Waals surface area (Å²) in [6.07, 6.45) is 4.66. The smallest absolute Gasteiger partial charge is 0.335 e. The number of hydrogen-bond donors (Lipinski definition) is 1. The van der Waals surface area contributed by atoms with Gasteiger partial charge >= 0.3 is 5.97 Å². The lowest BCUT2D eigenvalue weighted by Crippen LogP contribution is -2.03. The number of benzene rings is 1. The van der Waals surface area contributed by atoms with Crippen LogP contribution < -0.4 is 9.47 Å². The fraction of sp³-hybridized carbons (Fsp3) is 0.154. The van der Waals surface area contributed by atoms with Crippen molar-refractivity contribution in [2.45, 2.75) is 6.61 Å². The lowest BCUT2D eigenvalue weighted by molar-refractivity contribution is 0.0696. The van der Waals surface area contributed by atoms with E-state index in [2.05, 4.69) is 9.97 Å². The number of aromatic nitrogens is 2. The van der Waals surface area contributed by atoms with Crippen molar-refractivity contribution in [1.29, 1.82) is 0 Å². The molecule has 1 aromatic heterocycles. The molecule has 7 heteroatoms. The first-order valence-corrected chi connectivity index (χ1v) is 5.98. The molecule has 0 amide bonds. The van der Waals surface area contributed by atoms with Crippen molar-refractivity contribution in [3.05, 3.63) is 47.0 Å². The maximum Gasteiger partial charge on any atom is 0.335 e. The Morgan fingerprint density at radius 1 is 1.40 bits per heavy atom. The summed E-state index contributed by atoms with van der Waals surface area (Å²) in [6.45, 7) is 0.149. The minimum atomic E-state index is -1.09. The van der Waals surface area contributed by atoms with Crippen molar-refractivity contribution in [3.63, 3.8) is 0 Å². The quantitative estimate of drug-likeness (QED) is 0.912. The first kappa shape index (κ1) is 14.1. The summed E-state index contributed by atoms with van der Waals surface area (Å²) in [5.74, 6) is -0.575. The van der Waals surface area contributed by atoms with Gasteiger partial charge in [0, 0.05) is 12.4 Å². The fourth-order valence-electron chi connectivity index (χ4n) is 1.53. The molecule has 104 valence electrons. The minimum absolute atomic E-state index is 0.0266. The van der Waals surface area contributed by atoms with Crippen molar-refractivity contribution < 1.29 is 19.4 Å². The van der Waals surface area contributed by atoms with Crippen LogP contribution in [0.15, 0.2) is 30.7 Å². The molecule has 2 aromatic rings. The van der Waals surface area contributed by atoms with Gasteiger partial charge in [0.05, 0.1) is 29.6 Å². The molecule has 0 unspecified atom stereocenters. The highest BCUT2D eigenvalue weighted by atomic mass is 35.5. The Labute approximate surface area is 120 Å². The average Bonchev–Trinajstić information content (AvgIpc) is 2.46.